The maximum absolute atomic E-state index is 12.4. The number of fused-ring (bicyclic) bond motifs is 1. The molecule has 0 aromatic heterocycles. The predicted octanol–water partition coefficient (Wildman–Crippen LogP) is 5.59. The fourth-order valence-electron chi connectivity index (χ4n) is 4.95. The summed E-state index contributed by atoms with van der Waals surface area (Å²) in [6.07, 6.45) is 11.0. The summed E-state index contributed by atoms with van der Waals surface area (Å²) in [5.41, 5.74) is 0.491. The van der Waals surface area contributed by atoms with E-state index >= 15 is 0 Å². The number of allylic oxidation sites excluding steroid dienone is 3. The molecule has 3 aliphatic rings. The largest absolute Gasteiger partial charge is 0.423 e. The molecule has 0 unspecified atom stereocenters. The Morgan fingerprint density at radius 1 is 1.28 bits per heavy atom. The molecule has 178 valence electrons. The molecule has 0 bridgehead atoms. The van der Waals surface area contributed by atoms with Gasteiger partial charge in [0.25, 0.3) is 0 Å². The van der Waals surface area contributed by atoms with Crippen LogP contribution in [0, 0.1) is 5.41 Å². The third-order valence-corrected chi connectivity index (χ3v) is 12.3. The molecule has 0 radical (unpaired) electrons. The molecular formula is C26H40O5Si. The van der Waals surface area contributed by atoms with E-state index in [9.17, 15) is 4.79 Å². The number of carbonyl (C=O) groups excluding carboxylic acids is 1. The molecule has 5 nitrogen and oxygen atoms in total. The summed E-state index contributed by atoms with van der Waals surface area (Å²) in [7, 11) is -1.87. The van der Waals surface area contributed by atoms with E-state index in [1.807, 2.05) is 13.0 Å². The van der Waals surface area contributed by atoms with Crippen LogP contribution in [-0.2, 0) is 18.7 Å². The van der Waals surface area contributed by atoms with Crippen molar-refractivity contribution in [1.82, 2.24) is 0 Å². The molecular weight excluding hydrogens is 420 g/mol. The van der Waals surface area contributed by atoms with E-state index in [-0.39, 0.29) is 34.7 Å². The number of esters is 1. The van der Waals surface area contributed by atoms with Crippen molar-refractivity contribution in [2.45, 2.75) is 96.7 Å². The maximum Gasteiger partial charge on any atom is 0.343 e. The number of hydrogen-bond donors (Lipinski definition) is 1. The van der Waals surface area contributed by atoms with Gasteiger partial charge in [-0.3, -0.25) is 0 Å². The molecule has 3 rings (SSSR count). The molecule has 1 aliphatic carbocycles. The summed E-state index contributed by atoms with van der Waals surface area (Å²) in [5, 5.41) is 9.18. The van der Waals surface area contributed by atoms with Crippen LogP contribution in [0.25, 0.3) is 0 Å². The van der Waals surface area contributed by atoms with Gasteiger partial charge in [-0.2, -0.15) is 0 Å². The monoisotopic (exact) mass is 460 g/mol. The van der Waals surface area contributed by atoms with Gasteiger partial charge in [0.2, 0.25) is 0 Å². The molecule has 2 fully saturated rings. The first-order valence-corrected chi connectivity index (χ1v) is 14.5. The molecule has 0 amide bonds. The highest BCUT2D eigenvalue weighted by Gasteiger charge is 2.75. The minimum absolute atomic E-state index is 0.0479. The summed E-state index contributed by atoms with van der Waals surface area (Å²) in [5.74, 6) is 0.121. The first-order valence-electron chi connectivity index (χ1n) is 11.6. The molecule has 6 heteroatoms. The van der Waals surface area contributed by atoms with Crippen molar-refractivity contribution in [1.29, 1.82) is 0 Å². The van der Waals surface area contributed by atoms with E-state index in [2.05, 4.69) is 60.7 Å². The van der Waals surface area contributed by atoms with Crippen LogP contribution in [0.2, 0.25) is 18.1 Å². The Labute approximate surface area is 194 Å². The highest BCUT2D eigenvalue weighted by Crippen LogP contribution is 2.66. The third kappa shape index (κ3) is 4.47. The second kappa shape index (κ2) is 8.08. The zero-order chi connectivity index (χ0) is 24.2. The number of rotatable bonds is 6. The lowest BCUT2D eigenvalue weighted by Gasteiger charge is -2.45. The van der Waals surface area contributed by atoms with Crippen LogP contribution in [0.4, 0.5) is 0 Å². The molecule has 0 aromatic rings. The van der Waals surface area contributed by atoms with Crippen LogP contribution < -0.4 is 0 Å². The fourth-order valence-corrected chi connectivity index (χ4v) is 6.30. The SMILES string of the molecule is CC(/C=C1C=C(/C=C/[C@@]23O[C@]2(C)C[C@@H](O[Si](C)(C)C(C)(C)C)CC3(C)C)C(=O)O/1)=C\CO. The van der Waals surface area contributed by atoms with Crippen molar-refractivity contribution in [2.75, 3.05) is 6.61 Å². The first kappa shape index (κ1) is 25.2. The number of epoxide rings is 1. The smallest absolute Gasteiger partial charge is 0.343 e. The fraction of sp³-hybridized carbons (Fsp3) is 0.654. The van der Waals surface area contributed by atoms with Crippen LogP contribution >= 0.6 is 0 Å². The van der Waals surface area contributed by atoms with Gasteiger partial charge in [-0.1, -0.05) is 40.7 Å². The van der Waals surface area contributed by atoms with Gasteiger partial charge < -0.3 is 19.0 Å². The van der Waals surface area contributed by atoms with Crippen molar-refractivity contribution < 1.29 is 23.8 Å². The zero-order valence-corrected chi connectivity index (χ0v) is 22.2. The van der Waals surface area contributed by atoms with E-state index in [1.165, 1.54) is 0 Å². The minimum Gasteiger partial charge on any atom is -0.423 e. The van der Waals surface area contributed by atoms with Gasteiger partial charge in [0.15, 0.2) is 8.32 Å². The van der Waals surface area contributed by atoms with Crippen molar-refractivity contribution in [3.05, 3.63) is 47.3 Å². The Kier molecular flexibility index (Phi) is 6.35. The Balaban J connectivity index is 1.79. The Hall–Kier alpha value is -1.47. The lowest BCUT2D eigenvalue weighted by atomic mass is 9.63. The number of hydrogen-bond acceptors (Lipinski definition) is 5. The molecule has 0 aromatic carbocycles. The summed E-state index contributed by atoms with van der Waals surface area (Å²) in [6.45, 7) is 19.9. The molecule has 2 heterocycles. The minimum atomic E-state index is -1.87. The lowest BCUT2D eigenvalue weighted by molar-refractivity contribution is -0.132. The van der Waals surface area contributed by atoms with E-state index in [1.54, 1.807) is 18.2 Å². The quantitative estimate of drug-likeness (QED) is 0.318. The molecule has 0 spiro atoms. The Bertz CT molecular complexity index is 902. The number of cyclic esters (lactones) is 1. The van der Waals surface area contributed by atoms with Crippen LogP contribution in [-0.4, -0.2) is 43.3 Å². The molecule has 1 saturated heterocycles. The van der Waals surface area contributed by atoms with Gasteiger partial charge in [-0.05, 0) is 68.3 Å². The van der Waals surface area contributed by atoms with Crippen molar-refractivity contribution in [2.24, 2.45) is 5.41 Å². The normalized spacial score (nSPS) is 34.0. The van der Waals surface area contributed by atoms with Gasteiger partial charge >= 0.3 is 5.97 Å². The third-order valence-electron chi connectivity index (χ3n) is 7.78. The van der Waals surface area contributed by atoms with Gasteiger partial charge in [0, 0.05) is 17.9 Å². The van der Waals surface area contributed by atoms with E-state index in [0.717, 1.165) is 18.4 Å². The average molecular weight is 461 g/mol. The van der Waals surface area contributed by atoms with E-state index in [0.29, 0.717) is 11.3 Å². The second-order valence-corrected chi connectivity index (χ2v) is 16.6. The van der Waals surface area contributed by atoms with Crippen molar-refractivity contribution in [3.63, 3.8) is 0 Å². The predicted molar refractivity (Wildman–Crippen MR) is 130 cm³/mol. The van der Waals surface area contributed by atoms with Gasteiger partial charge in [-0.15, -0.1) is 0 Å². The van der Waals surface area contributed by atoms with Crippen LogP contribution in [0.15, 0.2) is 47.3 Å². The maximum atomic E-state index is 12.4. The van der Waals surface area contributed by atoms with Crippen LogP contribution in [0.3, 0.4) is 0 Å². The highest BCUT2D eigenvalue weighted by atomic mass is 28.4. The van der Waals surface area contributed by atoms with E-state index in [4.69, 9.17) is 19.0 Å². The van der Waals surface area contributed by atoms with Crippen LogP contribution in [0.5, 0.6) is 0 Å². The molecule has 2 aliphatic heterocycles. The topological polar surface area (TPSA) is 68.3 Å². The van der Waals surface area contributed by atoms with Gasteiger partial charge in [-0.25, -0.2) is 4.79 Å². The Morgan fingerprint density at radius 2 is 1.94 bits per heavy atom. The molecule has 1 N–H and O–H groups in total. The Morgan fingerprint density at radius 3 is 2.50 bits per heavy atom. The summed E-state index contributed by atoms with van der Waals surface area (Å²) in [4.78, 5) is 12.4. The number of aliphatic hydroxyl groups excluding tert-OH is 1. The molecule has 3 atom stereocenters. The van der Waals surface area contributed by atoms with Gasteiger partial charge in [0.05, 0.1) is 12.2 Å². The van der Waals surface area contributed by atoms with Crippen molar-refractivity contribution >= 4 is 14.3 Å². The summed E-state index contributed by atoms with van der Waals surface area (Å²) in [6, 6.07) is 0. The number of carbonyl (C=O) groups is 1. The summed E-state index contributed by atoms with van der Waals surface area (Å²) >= 11 is 0. The van der Waals surface area contributed by atoms with Crippen molar-refractivity contribution in [3.8, 4) is 0 Å². The lowest BCUT2D eigenvalue weighted by Crippen LogP contribution is -2.51. The zero-order valence-electron chi connectivity index (χ0n) is 21.2. The number of ether oxygens (including phenoxy) is 2. The average Bonchev–Trinajstić information content (AvgIpc) is 3.08. The summed E-state index contributed by atoms with van der Waals surface area (Å²) < 4.78 is 18.6. The van der Waals surface area contributed by atoms with E-state index < -0.39 is 13.9 Å². The number of aliphatic hydroxyl groups is 1. The molecule has 1 saturated carbocycles. The molecule has 32 heavy (non-hydrogen) atoms. The second-order valence-electron chi connectivity index (χ2n) is 11.9. The highest BCUT2D eigenvalue weighted by molar-refractivity contribution is 6.74. The first-order chi connectivity index (χ1) is 14.6. The van der Waals surface area contributed by atoms with Crippen LogP contribution in [0.1, 0.15) is 61.3 Å². The standard InChI is InChI=1S/C26H40O5Si/c1-18(11-13-27)14-20-15-19(22(28)29-20)10-12-26-24(5,6)16-21(17-25(26,7)31-26)30-32(8,9)23(2,3)4/h10-12,14-15,21,27H,13,16-17H2,1-9H3/b12-10+,18-11+,20-14-/t21-,25+,26-/m0/s1. The van der Waals surface area contributed by atoms with Gasteiger partial charge in [0.1, 0.15) is 17.0 Å².